The molecule has 10 nitrogen and oxygen atoms in total. The van der Waals surface area contributed by atoms with E-state index in [4.69, 9.17) is 0 Å². The Morgan fingerprint density at radius 3 is 2.67 bits per heavy atom. The molecule has 2 aromatic heterocycles. The lowest BCUT2D eigenvalue weighted by Gasteiger charge is -2.14. The summed E-state index contributed by atoms with van der Waals surface area (Å²) >= 11 is 0. The van der Waals surface area contributed by atoms with Crippen molar-refractivity contribution in [2.45, 2.75) is 32.4 Å². The number of aromatic amines is 1. The van der Waals surface area contributed by atoms with Crippen LogP contribution in [0.2, 0.25) is 0 Å². The fourth-order valence-corrected chi connectivity index (χ4v) is 4.20. The molecule has 2 amide bonds. The van der Waals surface area contributed by atoms with Gasteiger partial charge in [0.05, 0.1) is 6.04 Å². The van der Waals surface area contributed by atoms with Gasteiger partial charge in [0.15, 0.2) is 5.82 Å². The lowest BCUT2D eigenvalue weighted by molar-refractivity contribution is 0.0931. The highest BCUT2D eigenvalue weighted by atomic mass is 19.1. The van der Waals surface area contributed by atoms with Gasteiger partial charge >= 0.3 is 5.76 Å². The molecule has 2 aromatic carbocycles. The summed E-state index contributed by atoms with van der Waals surface area (Å²) in [6.07, 6.45) is 2.59. The number of nitrogens with one attached hydrogen (secondary N) is 3. The third-order valence-electron chi connectivity index (χ3n) is 6.05. The average Bonchev–Trinajstić information content (AvgIpc) is 3.50. The van der Waals surface area contributed by atoms with E-state index in [1.807, 2.05) is 12.1 Å². The zero-order valence-electron chi connectivity index (χ0n) is 19.2. The second-order valence-electron chi connectivity index (χ2n) is 8.48. The van der Waals surface area contributed by atoms with E-state index in [0.717, 1.165) is 23.1 Å². The van der Waals surface area contributed by atoms with Crippen molar-refractivity contribution in [1.82, 2.24) is 30.7 Å². The number of carbonyl (C=O) groups excluding carboxylic acids is 2. The normalized spacial score (nSPS) is 14.3. The number of hydrogen-bond acceptors (Lipinski definition) is 7. The first-order chi connectivity index (χ1) is 17.4. The van der Waals surface area contributed by atoms with Crippen LogP contribution in [0.25, 0.3) is 11.4 Å². The van der Waals surface area contributed by atoms with Crippen LogP contribution in [0.3, 0.4) is 0 Å². The number of halogens is 1. The predicted octanol–water partition coefficient (Wildman–Crippen LogP) is 2.61. The van der Waals surface area contributed by atoms with Crippen molar-refractivity contribution in [2.75, 3.05) is 0 Å². The maximum Gasteiger partial charge on any atom is 0.439 e. The number of carbonyl (C=O) groups is 2. The topological polar surface area (TPSA) is 143 Å². The zero-order valence-corrected chi connectivity index (χ0v) is 19.2. The highest BCUT2D eigenvalue weighted by Crippen LogP contribution is 2.33. The summed E-state index contributed by atoms with van der Waals surface area (Å²) in [4.78, 5) is 47.2. The minimum Gasteiger partial charge on any atom is -0.347 e. The number of benzene rings is 2. The molecular formula is C25H21FN6O4. The van der Waals surface area contributed by atoms with Gasteiger partial charge < -0.3 is 10.6 Å². The van der Waals surface area contributed by atoms with E-state index < -0.39 is 17.6 Å². The molecule has 0 bridgehead atoms. The van der Waals surface area contributed by atoms with Crippen molar-refractivity contribution in [3.8, 4) is 11.4 Å². The van der Waals surface area contributed by atoms with Crippen molar-refractivity contribution in [3.63, 3.8) is 0 Å². The summed E-state index contributed by atoms with van der Waals surface area (Å²) in [5.41, 5.74) is 4.05. The summed E-state index contributed by atoms with van der Waals surface area (Å²) in [6, 6.07) is 11.3. The molecule has 0 unspecified atom stereocenters. The fraction of sp³-hybridized carbons (Fsp3) is 0.200. The molecule has 1 aliphatic carbocycles. The summed E-state index contributed by atoms with van der Waals surface area (Å²) in [5, 5.41) is 9.38. The van der Waals surface area contributed by atoms with E-state index in [-0.39, 0.29) is 29.8 Å². The predicted molar refractivity (Wildman–Crippen MR) is 125 cm³/mol. The zero-order chi connectivity index (χ0) is 25.2. The summed E-state index contributed by atoms with van der Waals surface area (Å²) in [5.74, 6) is -1.50. The smallest absolute Gasteiger partial charge is 0.347 e. The molecule has 2 heterocycles. The number of rotatable bonds is 6. The number of nitrogens with zero attached hydrogens (tertiary/aromatic N) is 3. The molecule has 0 saturated heterocycles. The van der Waals surface area contributed by atoms with E-state index in [9.17, 15) is 18.8 Å². The van der Waals surface area contributed by atoms with Crippen LogP contribution >= 0.6 is 0 Å². The molecule has 0 radical (unpaired) electrons. The van der Waals surface area contributed by atoms with Gasteiger partial charge in [-0.1, -0.05) is 29.4 Å². The van der Waals surface area contributed by atoms with E-state index in [1.165, 1.54) is 18.5 Å². The van der Waals surface area contributed by atoms with Crippen LogP contribution in [0.5, 0.6) is 0 Å². The number of amides is 2. The Morgan fingerprint density at radius 1 is 1.11 bits per heavy atom. The largest absolute Gasteiger partial charge is 0.439 e. The van der Waals surface area contributed by atoms with Gasteiger partial charge in [-0.15, -0.1) is 0 Å². The molecule has 0 spiro atoms. The molecule has 0 saturated carbocycles. The summed E-state index contributed by atoms with van der Waals surface area (Å²) < 4.78 is 18.0. The van der Waals surface area contributed by atoms with Crippen LogP contribution in [-0.2, 0) is 13.0 Å². The van der Waals surface area contributed by atoms with E-state index in [2.05, 4.69) is 35.3 Å². The first-order valence-electron chi connectivity index (χ1n) is 11.2. The SMILES string of the molecule is Cc1cc(CNC(=O)c2cc(C(=O)N[C@H]3CCc4cc(-c5noc(=O)[nH]5)ccc43)ncn2)ccc1F. The highest BCUT2D eigenvalue weighted by molar-refractivity contribution is 5.97. The van der Waals surface area contributed by atoms with Gasteiger partial charge in [-0.3, -0.25) is 19.1 Å². The van der Waals surface area contributed by atoms with Gasteiger partial charge in [-0.25, -0.2) is 19.2 Å². The monoisotopic (exact) mass is 488 g/mol. The van der Waals surface area contributed by atoms with Crippen LogP contribution in [0.15, 0.2) is 58.1 Å². The summed E-state index contributed by atoms with van der Waals surface area (Å²) in [7, 11) is 0. The third kappa shape index (κ3) is 4.76. The highest BCUT2D eigenvalue weighted by Gasteiger charge is 2.26. The van der Waals surface area contributed by atoms with Gasteiger partial charge in [0.2, 0.25) is 0 Å². The molecule has 4 aromatic rings. The van der Waals surface area contributed by atoms with Crippen molar-refractivity contribution in [1.29, 1.82) is 0 Å². The van der Waals surface area contributed by atoms with Gasteiger partial charge in [0.25, 0.3) is 11.8 Å². The van der Waals surface area contributed by atoms with Gasteiger partial charge in [0.1, 0.15) is 23.5 Å². The maximum absolute atomic E-state index is 13.4. The van der Waals surface area contributed by atoms with Crippen molar-refractivity contribution < 1.29 is 18.5 Å². The minimum atomic E-state index is -0.626. The molecule has 182 valence electrons. The molecule has 0 aliphatic heterocycles. The van der Waals surface area contributed by atoms with E-state index in [0.29, 0.717) is 23.4 Å². The Bertz CT molecular complexity index is 1530. The molecule has 11 heteroatoms. The van der Waals surface area contributed by atoms with E-state index >= 15 is 0 Å². The van der Waals surface area contributed by atoms with Gasteiger partial charge in [-0.2, -0.15) is 0 Å². The van der Waals surface area contributed by atoms with Gasteiger partial charge in [-0.05, 0) is 54.2 Å². The number of aromatic nitrogens is 4. The van der Waals surface area contributed by atoms with Crippen molar-refractivity contribution >= 4 is 11.8 Å². The molecule has 3 N–H and O–H groups in total. The quantitative estimate of drug-likeness (QED) is 0.379. The second-order valence-corrected chi connectivity index (χ2v) is 8.48. The Hall–Kier alpha value is -4.67. The number of fused-ring (bicyclic) bond motifs is 1. The van der Waals surface area contributed by atoms with Crippen LogP contribution in [-0.4, -0.2) is 31.9 Å². The molecular weight excluding hydrogens is 467 g/mol. The summed E-state index contributed by atoms with van der Waals surface area (Å²) in [6.45, 7) is 1.84. The molecule has 36 heavy (non-hydrogen) atoms. The van der Waals surface area contributed by atoms with Crippen molar-refractivity contribution in [2.24, 2.45) is 0 Å². The average molecular weight is 488 g/mol. The Morgan fingerprint density at radius 2 is 1.92 bits per heavy atom. The molecule has 0 fully saturated rings. The maximum atomic E-state index is 13.4. The number of H-pyrrole nitrogens is 1. The van der Waals surface area contributed by atoms with Crippen LogP contribution in [0, 0.1) is 12.7 Å². The van der Waals surface area contributed by atoms with Crippen LogP contribution in [0.4, 0.5) is 4.39 Å². The third-order valence-corrected chi connectivity index (χ3v) is 6.05. The Kier molecular flexibility index (Phi) is 6.11. The first kappa shape index (κ1) is 23.1. The van der Waals surface area contributed by atoms with Crippen LogP contribution < -0.4 is 16.4 Å². The number of hydrogen-bond donors (Lipinski definition) is 3. The fourth-order valence-electron chi connectivity index (χ4n) is 4.20. The Balaban J connectivity index is 1.24. The van der Waals surface area contributed by atoms with E-state index in [1.54, 1.807) is 25.1 Å². The molecule has 1 atom stereocenters. The molecule has 5 rings (SSSR count). The second kappa shape index (κ2) is 9.53. The van der Waals surface area contributed by atoms with Crippen LogP contribution in [0.1, 0.15) is 55.7 Å². The standard InChI is InChI=1S/C25H21FN6O4/c1-13-8-14(2-6-18(13)26)11-27-23(33)20-10-21(29-12-28-20)24(34)30-19-7-4-15-9-16(3-5-17(15)19)22-31-25(35)36-32-22/h2-3,5-6,8-10,12,19H,4,7,11H2,1H3,(H,27,33)(H,30,34)(H,31,32,35)/t19-/m0/s1. The first-order valence-corrected chi connectivity index (χ1v) is 11.2. The van der Waals surface area contributed by atoms with Crippen molar-refractivity contribution in [3.05, 3.63) is 98.8 Å². The van der Waals surface area contributed by atoms with Gasteiger partial charge in [0, 0.05) is 18.2 Å². The molecule has 1 aliphatic rings. The minimum absolute atomic E-state index is 0.0482. The number of aryl methyl sites for hydroxylation is 2. The lowest BCUT2D eigenvalue weighted by Crippen LogP contribution is -2.29. The Labute approximate surface area is 204 Å². The lowest BCUT2D eigenvalue weighted by atomic mass is 10.0.